The van der Waals surface area contributed by atoms with Crippen molar-refractivity contribution in [1.82, 2.24) is 24.3 Å². The van der Waals surface area contributed by atoms with E-state index in [9.17, 15) is 9.59 Å². The van der Waals surface area contributed by atoms with Crippen molar-refractivity contribution < 1.29 is 14.3 Å². The minimum Gasteiger partial charge on any atom is -0.444 e. The number of likely N-dealkylation sites (tertiary alicyclic amines) is 1. The molecule has 3 amide bonds. The number of benzene rings is 1. The fourth-order valence-electron chi connectivity index (χ4n) is 4.31. The molecule has 1 aromatic carbocycles. The smallest absolute Gasteiger partial charge is 0.410 e. The number of carbonyl (C=O) groups excluding carboxylic acids is 2. The van der Waals surface area contributed by atoms with Crippen LogP contribution >= 0.6 is 0 Å². The fraction of sp³-hybridized carbons (Fsp3) is 0.591. The SMILES string of the molecule is Cn1c(C2CCCN2C(=O)N2CCN(C(=O)OC(C)(C)C)CC2)nc2ccccc21. The third-order valence-corrected chi connectivity index (χ3v) is 5.82. The Morgan fingerprint density at radius 3 is 2.37 bits per heavy atom. The molecule has 1 aromatic heterocycles. The molecule has 1 atom stereocenters. The van der Waals surface area contributed by atoms with Gasteiger partial charge in [-0.1, -0.05) is 12.1 Å². The monoisotopic (exact) mass is 413 g/mol. The lowest BCUT2D eigenvalue weighted by Gasteiger charge is -2.38. The van der Waals surface area contributed by atoms with Crippen LogP contribution in [0.3, 0.4) is 0 Å². The van der Waals surface area contributed by atoms with Crippen molar-refractivity contribution in [2.24, 2.45) is 7.05 Å². The number of nitrogens with zero attached hydrogens (tertiary/aromatic N) is 5. The van der Waals surface area contributed by atoms with Crippen LogP contribution in [0.15, 0.2) is 24.3 Å². The van der Waals surface area contributed by atoms with Crippen LogP contribution in [-0.4, -0.2) is 74.7 Å². The Hall–Kier alpha value is -2.77. The van der Waals surface area contributed by atoms with E-state index >= 15 is 0 Å². The second-order valence-corrected chi connectivity index (χ2v) is 9.11. The van der Waals surface area contributed by atoms with E-state index in [1.807, 2.05) is 55.8 Å². The number of rotatable bonds is 1. The summed E-state index contributed by atoms with van der Waals surface area (Å²) in [6, 6.07) is 8.09. The number of para-hydroxylation sites is 2. The first kappa shape index (κ1) is 20.5. The lowest BCUT2D eigenvalue weighted by atomic mass is 10.2. The Morgan fingerprint density at radius 1 is 1.03 bits per heavy atom. The number of amides is 3. The van der Waals surface area contributed by atoms with Crippen LogP contribution in [-0.2, 0) is 11.8 Å². The molecule has 2 aliphatic rings. The van der Waals surface area contributed by atoms with Crippen LogP contribution in [0.2, 0.25) is 0 Å². The van der Waals surface area contributed by atoms with Crippen LogP contribution in [0.1, 0.15) is 45.5 Å². The van der Waals surface area contributed by atoms with E-state index in [2.05, 4.69) is 10.6 Å². The number of fused-ring (bicyclic) bond motifs is 1. The van der Waals surface area contributed by atoms with E-state index in [-0.39, 0.29) is 18.2 Å². The van der Waals surface area contributed by atoms with Crippen LogP contribution in [0.25, 0.3) is 11.0 Å². The van der Waals surface area contributed by atoms with Gasteiger partial charge in [0.15, 0.2) is 0 Å². The number of aryl methyl sites for hydroxylation is 1. The first-order valence-electron chi connectivity index (χ1n) is 10.7. The van der Waals surface area contributed by atoms with E-state index in [0.29, 0.717) is 26.2 Å². The molecule has 0 saturated carbocycles. The molecule has 0 bridgehead atoms. The van der Waals surface area contributed by atoms with E-state index in [4.69, 9.17) is 9.72 Å². The lowest BCUT2D eigenvalue weighted by Crippen LogP contribution is -2.54. The van der Waals surface area contributed by atoms with Gasteiger partial charge in [0.2, 0.25) is 0 Å². The van der Waals surface area contributed by atoms with E-state index < -0.39 is 5.60 Å². The number of imidazole rings is 1. The normalized spacial score (nSPS) is 20.1. The van der Waals surface area contributed by atoms with E-state index in [1.54, 1.807) is 4.90 Å². The molecule has 0 N–H and O–H groups in total. The molecule has 2 aliphatic heterocycles. The van der Waals surface area contributed by atoms with Gasteiger partial charge in [0.25, 0.3) is 0 Å². The molecule has 0 aliphatic carbocycles. The zero-order valence-corrected chi connectivity index (χ0v) is 18.3. The van der Waals surface area contributed by atoms with Crippen molar-refractivity contribution in [3.63, 3.8) is 0 Å². The minimum atomic E-state index is -0.515. The Bertz CT molecular complexity index is 940. The highest BCUT2D eigenvalue weighted by molar-refractivity contribution is 5.78. The Labute approximate surface area is 177 Å². The van der Waals surface area contributed by atoms with Gasteiger partial charge in [-0.15, -0.1) is 0 Å². The van der Waals surface area contributed by atoms with Crippen LogP contribution < -0.4 is 0 Å². The van der Waals surface area contributed by atoms with Crippen LogP contribution in [0.5, 0.6) is 0 Å². The standard InChI is InChI=1S/C22H31N5O3/c1-22(2,3)30-21(29)26-14-12-25(13-15-26)20(28)27-11-7-10-18(27)19-23-16-8-5-6-9-17(16)24(19)4/h5-6,8-9,18H,7,10-15H2,1-4H3. The number of ether oxygens (including phenoxy) is 1. The minimum absolute atomic E-state index is 0.0150. The van der Waals surface area contributed by atoms with E-state index in [0.717, 1.165) is 36.2 Å². The molecule has 0 radical (unpaired) electrons. The number of piperazine rings is 1. The maximum Gasteiger partial charge on any atom is 0.410 e. The zero-order chi connectivity index (χ0) is 21.5. The molecule has 162 valence electrons. The van der Waals surface area contributed by atoms with Crippen molar-refractivity contribution in [2.75, 3.05) is 32.7 Å². The first-order valence-corrected chi connectivity index (χ1v) is 10.7. The van der Waals surface area contributed by atoms with Gasteiger partial charge in [-0.25, -0.2) is 14.6 Å². The summed E-state index contributed by atoms with van der Waals surface area (Å²) in [5.74, 6) is 0.939. The lowest BCUT2D eigenvalue weighted by molar-refractivity contribution is 0.0155. The highest BCUT2D eigenvalue weighted by Crippen LogP contribution is 2.33. The van der Waals surface area contributed by atoms with Gasteiger partial charge in [-0.2, -0.15) is 0 Å². The summed E-state index contributed by atoms with van der Waals surface area (Å²) in [4.78, 5) is 35.9. The highest BCUT2D eigenvalue weighted by Gasteiger charge is 2.37. The molecular weight excluding hydrogens is 382 g/mol. The molecule has 30 heavy (non-hydrogen) atoms. The van der Waals surface area contributed by atoms with Crippen LogP contribution in [0.4, 0.5) is 9.59 Å². The van der Waals surface area contributed by atoms with Crippen molar-refractivity contribution in [1.29, 1.82) is 0 Å². The third kappa shape index (κ3) is 3.95. The maximum absolute atomic E-state index is 13.3. The summed E-state index contributed by atoms with van der Waals surface area (Å²) in [6.45, 7) is 8.33. The predicted octanol–water partition coefficient (Wildman–Crippen LogP) is 3.38. The summed E-state index contributed by atoms with van der Waals surface area (Å²) < 4.78 is 7.55. The molecule has 2 fully saturated rings. The molecule has 2 aromatic rings. The Kier molecular flexibility index (Phi) is 5.34. The quantitative estimate of drug-likeness (QED) is 0.719. The number of hydrogen-bond acceptors (Lipinski definition) is 4. The van der Waals surface area contributed by atoms with Crippen molar-refractivity contribution in [3.05, 3.63) is 30.1 Å². The van der Waals surface area contributed by atoms with Gasteiger partial charge in [0.1, 0.15) is 11.4 Å². The largest absolute Gasteiger partial charge is 0.444 e. The van der Waals surface area contributed by atoms with Crippen molar-refractivity contribution in [3.8, 4) is 0 Å². The molecule has 8 heteroatoms. The first-order chi connectivity index (χ1) is 14.2. The highest BCUT2D eigenvalue weighted by atomic mass is 16.6. The van der Waals surface area contributed by atoms with Crippen molar-refractivity contribution >= 4 is 23.2 Å². The second-order valence-electron chi connectivity index (χ2n) is 9.11. The third-order valence-electron chi connectivity index (χ3n) is 5.82. The van der Waals surface area contributed by atoms with Crippen molar-refractivity contribution in [2.45, 2.75) is 45.3 Å². The van der Waals surface area contributed by atoms with Gasteiger partial charge in [-0.3, -0.25) is 0 Å². The van der Waals surface area contributed by atoms with Gasteiger partial charge >= 0.3 is 12.1 Å². The molecule has 0 spiro atoms. The van der Waals surface area contributed by atoms with Gasteiger partial charge in [0, 0.05) is 39.8 Å². The number of urea groups is 1. The molecular formula is C22H31N5O3. The molecule has 8 nitrogen and oxygen atoms in total. The fourth-order valence-corrected chi connectivity index (χ4v) is 4.31. The maximum atomic E-state index is 13.3. The number of aromatic nitrogens is 2. The Morgan fingerprint density at radius 2 is 1.70 bits per heavy atom. The van der Waals surface area contributed by atoms with Gasteiger partial charge in [-0.05, 0) is 45.7 Å². The second kappa shape index (κ2) is 7.81. The number of hydrogen-bond donors (Lipinski definition) is 0. The summed E-state index contributed by atoms with van der Waals surface area (Å²) in [6.07, 6.45) is 1.58. The molecule has 4 rings (SSSR count). The summed E-state index contributed by atoms with van der Waals surface area (Å²) in [7, 11) is 2.02. The average Bonchev–Trinajstić information content (AvgIpc) is 3.31. The zero-order valence-electron chi connectivity index (χ0n) is 18.3. The Balaban J connectivity index is 1.43. The van der Waals surface area contributed by atoms with Crippen LogP contribution in [0, 0.1) is 0 Å². The summed E-state index contributed by atoms with van der Waals surface area (Å²) in [5, 5.41) is 0. The molecule has 3 heterocycles. The van der Waals surface area contributed by atoms with Gasteiger partial charge in [0.05, 0.1) is 17.1 Å². The summed E-state index contributed by atoms with van der Waals surface area (Å²) >= 11 is 0. The predicted molar refractivity (Wildman–Crippen MR) is 114 cm³/mol. The summed E-state index contributed by atoms with van der Waals surface area (Å²) in [5.41, 5.74) is 1.52. The topological polar surface area (TPSA) is 70.9 Å². The average molecular weight is 414 g/mol. The van der Waals surface area contributed by atoms with E-state index in [1.165, 1.54) is 0 Å². The molecule has 1 unspecified atom stereocenters. The number of carbonyl (C=O) groups is 2. The van der Waals surface area contributed by atoms with Gasteiger partial charge < -0.3 is 24.0 Å². The molecule has 2 saturated heterocycles.